The Hall–Kier alpha value is -2.00. The Morgan fingerprint density at radius 2 is 1.25 bits per heavy atom. The fourth-order valence-corrected chi connectivity index (χ4v) is 3.42. The molecule has 0 aliphatic heterocycles. The first-order chi connectivity index (χ1) is 9.54. The third kappa shape index (κ3) is 3.30. The van der Waals surface area contributed by atoms with Crippen molar-refractivity contribution in [1.29, 1.82) is 0 Å². The van der Waals surface area contributed by atoms with Crippen LogP contribution in [0.1, 0.15) is 11.1 Å². The molecule has 2 aromatic rings. The van der Waals surface area contributed by atoms with Crippen LogP contribution in [0.4, 0.5) is 0 Å². The van der Waals surface area contributed by atoms with E-state index >= 15 is 0 Å². The highest BCUT2D eigenvalue weighted by Crippen LogP contribution is 2.25. The third-order valence-electron chi connectivity index (χ3n) is 3.18. The molecule has 0 bridgehead atoms. The molecule has 2 rings (SSSR count). The Labute approximate surface area is 121 Å². The van der Waals surface area contributed by atoms with E-state index in [1.54, 1.807) is 0 Å². The van der Waals surface area contributed by atoms with Crippen molar-refractivity contribution in [1.82, 2.24) is 0 Å². The van der Waals surface area contributed by atoms with Gasteiger partial charge in [-0.1, -0.05) is 36.4 Å². The molecule has 2 aromatic carbocycles. The van der Waals surface area contributed by atoms with Gasteiger partial charge in [0.1, 0.15) is 11.5 Å². The van der Waals surface area contributed by atoms with Gasteiger partial charge in [-0.3, -0.25) is 0 Å². The van der Waals surface area contributed by atoms with Gasteiger partial charge in [-0.25, -0.2) is 0 Å². The van der Waals surface area contributed by atoms with E-state index in [1.165, 1.54) is 0 Å². The number of aryl methyl sites for hydroxylation is 2. The van der Waals surface area contributed by atoms with Crippen molar-refractivity contribution < 1.29 is 8.85 Å². The summed E-state index contributed by atoms with van der Waals surface area (Å²) in [6, 6.07) is 15.9. The zero-order chi connectivity index (χ0) is 14.6. The molecule has 2 nitrogen and oxygen atoms in total. The van der Waals surface area contributed by atoms with Crippen LogP contribution in [-0.2, 0) is 0 Å². The lowest BCUT2D eigenvalue weighted by Gasteiger charge is -2.26. The SMILES string of the molecule is C=C[Si](C)(Oc1ccccc1C)Oc1ccccc1C. The van der Waals surface area contributed by atoms with Crippen molar-refractivity contribution in [3.8, 4) is 11.5 Å². The van der Waals surface area contributed by atoms with Crippen LogP contribution < -0.4 is 8.85 Å². The Bertz CT molecular complexity index is 560. The fourth-order valence-electron chi connectivity index (χ4n) is 1.88. The quantitative estimate of drug-likeness (QED) is 0.749. The first kappa shape index (κ1) is 14.4. The summed E-state index contributed by atoms with van der Waals surface area (Å²) in [5, 5.41) is 0. The van der Waals surface area contributed by atoms with Gasteiger partial charge in [-0.05, 0) is 42.8 Å². The number of benzene rings is 2. The summed E-state index contributed by atoms with van der Waals surface area (Å²) in [6.07, 6.45) is 0. The van der Waals surface area contributed by atoms with E-state index < -0.39 is 8.56 Å². The first-order valence-corrected chi connectivity index (χ1v) is 9.06. The standard InChI is InChI=1S/C17H20O2Si/c1-5-20(4,18-16-12-8-6-10-14(16)2)19-17-13-9-7-11-15(17)3/h5-13H,1H2,2-4H3. The van der Waals surface area contributed by atoms with Crippen molar-refractivity contribution in [2.45, 2.75) is 20.4 Å². The van der Waals surface area contributed by atoms with E-state index in [9.17, 15) is 0 Å². The van der Waals surface area contributed by atoms with Gasteiger partial charge in [-0.15, -0.1) is 6.58 Å². The summed E-state index contributed by atoms with van der Waals surface area (Å²) in [7, 11) is -2.50. The van der Waals surface area contributed by atoms with Crippen LogP contribution in [0.2, 0.25) is 6.55 Å². The second-order valence-corrected chi connectivity index (χ2v) is 7.80. The summed E-state index contributed by atoms with van der Waals surface area (Å²) in [5.74, 6) is 1.71. The molecule has 0 N–H and O–H groups in total. The van der Waals surface area contributed by atoms with E-state index in [2.05, 4.69) is 6.58 Å². The van der Waals surface area contributed by atoms with E-state index in [1.807, 2.05) is 74.6 Å². The Balaban J connectivity index is 2.24. The smallest absolute Gasteiger partial charge is 0.484 e. The Morgan fingerprint density at radius 1 is 0.850 bits per heavy atom. The van der Waals surface area contributed by atoms with Crippen LogP contribution in [0.25, 0.3) is 0 Å². The highest BCUT2D eigenvalue weighted by atomic mass is 28.4. The summed E-state index contributed by atoms with van der Waals surface area (Å²) < 4.78 is 12.3. The molecule has 0 radical (unpaired) electrons. The molecule has 104 valence electrons. The van der Waals surface area contributed by atoms with Crippen LogP contribution in [0.3, 0.4) is 0 Å². The van der Waals surface area contributed by atoms with Crippen LogP contribution in [0.15, 0.2) is 60.8 Å². The average molecular weight is 284 g/mol. The van der Waals surface area contributed by atoms with E-state index in [0.717, 1.165) is 22.6 Å². The van der Waals surface area contributed by atoms with Crippen LogP contribution in [-0.4, -0.2) is 8.56 Å². The molecule has 0 aromatic heterocycles. The highest BCUT2D eigenvalue weighted by molar-refractivity contribution is 6.72. The predicted octanol–water partition coefficient (Wildman–Crippen LogP) is 4.56. The van der Waals surface area contributed by atoms with Crippen molar-refractivity contribution >= 4 is 8.56 Å². The molecule has 0 aliphatic rings. The molecule has 0 amide bonds. The Kier molecular flexibility index (Phi) is 4.30. The topological polar surface area (TPSA) is 18.5 Å². The van der Waals surface area contributed by atoms with Crippen molar-refractivity contribution in [2.24, 2.45) is 0 Å². The zero-order valence-electron chi connectivity index (χ0n) is 12.2. The molecule has 0 unspecified atom stereocenters. The molecule has 3 heteroatoms. The van der Waals surface area contributed by atoms with Crippen molar-refractivity contribution in [3.05, 3.63) is 71.9 Å². The Morgan fingerprint density at radius 3 is 1.60 bits per heavy atom. The minimum absolute atomic E-state index is 0.857. The minimum Gasteiger partial charge on any atom is -0.509 e. The normalized spacial score (nSPS) is 10.9. The minimum atomic E-state index is -2.50. The average Bonchev–Trinajstić information content (AvgIpc) is 2.44. The van der Waals surface area contributed by atoms with E-state index in [4.69, 9.17) is 8.85 Å². The van der Waals surface area contributed by atoms with Gasteiger partial charge >= 0.3 is 8.56 Å². The molecule has 0 heterocycles. The largest absolute Gasteiger partial charge is 0.509 e. The molecule has 0 saturated heterocycles. The first-order valence-electron chi connectivity index (χ1n) is 6.67. The molecular weight excluding hydrogens is 264 g/mol. The molecule has 0 spiro atoms. The van der Waals surface area contributed by atoms with Gasteiger partial charge < -0.3 is 8.85 Å². The lowest BCUT2D eigenvalue weighted by molar-refractivity contribution is 0.404. The third-order valence-corrected chi connectivity index (χ3v) is 5.18. The lowest BCUT2D eigenvalue weighted by Crippen LogP contribution is -2.43. The van der Waals surface area contributed by atoms with Gasteiger partial charge in [0.25, 0.3) is 0 Å². The molecule has 0 atom stereocenters. The van der Waals surface area contributed by atoms with Crippen LogP contribution >= 0.6 is 0 Å². The maximum absolute atomic E-state index is 6.14. The van der Waals surface area contributed by atoms with Crippen LogP contribution in [0, 0.1) is 13.8 Å². The van der Waals surface area contributed by atoms with Crippen LogP contribution in [0.5, 0.6) is 11.5 Å². The lowest BCUT2D eigenvalue weighted by atomic mass is 10.2. The van der Waals surface area contributed by atoms with Gasteiger partial charge in [-0.2, -0.15) is 0 Å². The maximum atomic E-state index is 6.14. The fraction of sp³-hybridized carbons (Fsp3) is 0.176. The monoisotopic (exact) mass is 284 g/mol. The van der Waals surface area contributed by atoms with Gasteiger partial charge in [0.2, 0.25) is 0 Å². The zero-order valence-corrected chi connectivity index (χ0v) is 13.2. The van der Waals surface area contributed by atoms with Gasteiger partial charge in [0, 0.05) is 6.55 Å². The molecule has 0 fully saturated rings. The summed E-state index contributed by atoms with van der Waals surface area (Å²) in [5.41, 5.74) is 4.01. The molecular formula is C17H20O2Si. The van der Waals surface area contributed by atoms with Crippen molar-refractivity contribution in [2.75, 3.05) is 0 Å². The molecule has 0 aliphatic carbocycles. The maximum Gasteiger partial charge on any atom is 0.484 e. The predicted molar refractivity (Wildman–Crippen MR) is 85.4 cm³/mol. The molecule has 20 heavy (non-hydrogen) atoms. The summed E-state index contributed by atoms with van der Waals surface area (Å²) >= 11 is 0. The summed E-state index contributed by atoms with van der Waals surface area (Å²) in [6.45, 7) is 9.95. The molecule has 0 saturated carbocycles. The second kappa shape index (κ2) is 5.97. The number of hydrogen-bond acceptors (Lipinski definition) is 2. The number of hydrogen-bond donors (Lipinski definition) is 0. The van der Waals surface area contributed by atoms with E-state index in [-0.39, 0.29) is 0 Å². The number of rotatable bonds is 5. The highest BCUT2D eigenvalue weighted by Gasteiger charge is 2.33. The number of para-hydroxylation sites is 2. The van der Waals surface area contributed by atoms with Crippen molar-refractivity contribution in [3.63, 3.8) is 0 Å². The summed E-state index contributed by atoms with van der Waals surface area (Å²) in [4.78, 5) is 0. The van der Waals surface area contributed by atoms with Gasteiger partial charge in [0.15, 0.2) is 0 Å². The van der Waals surface area contributed by atoms with E-state index in [0.29, 0.717) is 0 Å². The van der Waals surface area contributed by atoms with Gasteiger partial charge in [0.05, 0.1) is 0 Å². The second-order valence-electron chi connectivity index (χ2n) is 4.96.